The molecule has 2 heteroatoms. The van der Waals surface area contributed by atoms with Gasteiger partial charge in [-0.15, -0.1) is 0 Å². The van der Waals surface area contributed by atoms with E-state index in [9.17, 15) is 4.79 Å². The molecule has 0 aliphatic heterocycles. The van der Waals surface area contributed by atoms with Gasteiger partial charge < -0.3 is 5.32 Å². The van der Waals surface area contributed by atoms with E-state index in [1.807, 2.05) is 12.2 Å². The number of carbonyl (C=O) groups excluding carboxylic acids is 1. The molecule has 1 N–H and O–H groups in total. The summed E-state index contributed by atoms with van der Waals surface area (Å²) in [6.07, 6.45) is 6.41. The second kappa shape index (κ2) is 6.08. The molecule has 0 aliphatic carbocycles. The van der Waals surface area contributed by atoms with E-state index in [4.69, 9.17) is 0 Å². The number of hydrogen-bond acceptors (Lipinski definition) is 1. The molecule has 0 aromatic rings. The third-order valence-electron chi connectivity index (χ3n) is 0.957. The summed E-state index contributed by atoms with van der Waals surface area (Å²) in [6.45, 7) is 5.74. The molecule has 0 aliphatic rings. The van der Waals surface area contributed by atoms with E-state index in [0.29, 0.717) is 6.54 Å². The van der Waals surface area contributed by atoms with Crippen molar-refractivity contribution in [2.24, 2.45) is 0 Å². The lowest BCUT2D eigenvalue weighted by Gasteiger charge is -1.95. The van der Waals surface area contributed by atoms with Crippen LogP contribution in [0.25, 0.3) is 0 Å². The lowest BCUT2D eigenvalue weighted by Crippen LogP contribution is -2.20. The zero-order chi connectivity index (χ0) is 7.82. The van der Waals surface area contributed by atoms with Crippen LogP contribution in [0, 0.1) is 0 Å². The van der Waals surface area contributed by atoms with E-state index < -0.39 is 0 Å². The maximum atomic E-state index is 10.3. The molecule has 0 spiro atoms. The van der Waals surface area contributed by atoms with Gasteiger partial charge in [0.15, 0.2) is 0 Å². The van der Waals surface area contributed by atoms with Crippen LogP contribution in [0.4, 0.5) is 0 Å². The predicted molar refractivity (Wildman–Crippen MR) is 42.6 cm³/mol. The first-order valence-corrected chi connectivity index (χ1v) is 3.29. The fourth-order valence-electron chi connectivity index (χ4n) is 0.524. The smallest absolute Gasteiger partial charge is 0.216 e. The fourth-order valence-corrected chi connectivity index (χ4v) is 0.524. The molecule has 0 aromatic carbocycles. The summed E-state index contributed by atoms with van der Waals surface area (Å²) in [7, 11) is 0. The molecule has 1 amide bonds. The minimum atomic E-state index is 0.0204. The third-order valence-corrected chi connectivity index (χ3v) is 0.957. The Morgan fingerprint density at radius 1 is 1.70 bits per heavy atom. The van der Waals surface area contributed by atoms with Gasteiger partial charge in [0.1, 0.15) is 0 Å². The molecule has 10 heavy (non-hydrogen) atoms. The van der Waals surface area contributed by atoms with Gasteiger partial charge in [-0.1, -0.05) is 24.8 Å². The van der Waals surface area contributed by atoms with E-state index in [-0.39, 0.29) is 5.91 Å². The van der Waals surface area contributed by atoms with Crippen LogP contribution < -0.4 is 5.32 Å². The van der Waals surface area contributed by atoms with Crippen LogP contribution in [0.2, 0.25) is 0 Å². The summed E-state index contributed by atoms with van der Waals surface area (Å²) in [5.41, 5.74) is 0. The number of amides is 1. The van der Waals surface area contributed by atoms with E-state index in [1.165, 1.54) is 6.92 Å². The maximum absolute atomic E-state index is 10.3. The second-order valence-electron chi connectivity index (χ2n) is 1.94. The summed E-state index contributed by atoms with van der Waals surface area (Å²) in [4.78, 5) is 10.3. The van der Waals surface area contributed by atoms with Gasteiger partial charge in [-0.25, -0.2) is 0 Å². The number of allylic oxidation sites excluding steroid dienone is 2. The molecule has 0 saturated heterocycles. The van der Waals surface area contributed by atoms with Crippen molar-refractivity contribution in [3.05, 3.63) is 24.8 Å². The van der Waals surface area contributed by atoms with Crippen LogP contribution >= 0.6 is 0 Å². The van der Waals surface area contributed by atoms with Crippen LogP contribution in [0.5, 0.6) is 0 Å². The highest BCUT2D eigenvalue weighted by Gasteiger charge is 1.85. The van der Waals surface area contributed by atoms with Gasteiger partial charge in [-0.2, -0.15) is 0 Å². The molecular weight excluding hydrogens is 126 g/mol. The van der Waals surface area contributed by atoms with E-state index >= 15 is 0 Å². The number of hydrogen-bond donors (Lipinski definition) is 1. The molecule has 0 atom stereocenters. The van der Waals surface area contributed by atoms with E-state index in [2.05, 4.69) is 11.9 Å². The van der Waals surface area contributed by atoms with Gasteiger partial charge >= 0.3 is 0 Å². The van der Waals surface area contributed by atoms with Crippen molar-refractivity contribution in [1.29, 1.82) is 0 Å². The highest BCUT2D eigenvalue weighted by Crippen LogP contribution is 1.80. The molecule has 0 saturated carbocycles. The topological polar surface area (TPSA) is 29.1 Å². The molecule has 0 heterocycles. The molecular formula is C8H13NO. The Kier molecular flexibility index (Phi) is 5.44. The number of rotatable bonds is 4. The van der Waals surface area contributed by atoms with Crippen molar-refractivity contribution in [2.45, 2.75) is 13.3 Å². The van der Waals surface area contributed by atoms with Gasteiger partial charge in [-0.05, 0) is 6.42 Å². The van der Waals surface area contributed by atoms with Crippen molar-refractivity contribution in [3.63, 3.8) is 0 Å². The molecule has 0 radical (unpaired) electrons. The molecule has 2 nitrogen and oxygen atoms in total. The first-order chi connectivity index (χ1) is 4.77. The normalized spacial score (nSPS) is 9.70. The largest absolute Gasteiger partial charge is 0.356 e. The van der Waals surface area contributed by atoms with Crippen molar-refractivity contribution in [2.75, 3.05) is 6.54 Å². The minimum absolute atomic E-state index is 0.0204. The molecule has 0 unspecified atom stereocenters. The Morgan fingerprint density at radius 2 is 2.40 bits per heavy atom. The molecule has 0 aromatic heterocycles. The van der Waals surface area contributed by atoms with Crippen LogP contribution in [-0.2, 0) is 4.79 Å². The zero-order valence-corrected chi connectivity index (χ0v) is 6.26. The van der Waals surface area contributed by atoms with Crippen LogP contribution in [0.15, 0.2) is 24.8 Å². The quantitative estimate of drug-likeness (QED) is 0.461. The predicted octanol–water partition coefficient (Wildman–Crippen LogP) is 1.25. The highest BCUT2D eigenvalue weighted by molar-refractivity contribution is 5.72. The maximum Gasteiger partial charge on any atom is 0.216 e. The summed E-state index contributed by atoms with van der Waals surface area (Å²) >= 11 is 0. The third kappa shape index (κ3) is 6.95. The lowest BCUT2D eigenvalue weighted by molar-refractivity contribution is -0.118. The second-order valence-corrected chi connectivity index (χ2v) is 1.94. The van der Waals surface area contributed by atoms with Crippen LogP contribution in [0.1, 0.15) is 13.3 Å². The Hall–Kier alpha value is -1.05. The van der Waals surface area contributed by atoms with Crippen LogP contribution in [-0.4, -0.2) is 12.5 Å². The van der Waals surface area contributed by atoms with E-state index in [0.717, 1.165) is 6.42 Å². The van der Waals surface area contributed by atoms with Crippen LogP contribution in [0.3, 0.4) is 0 Å². The Balaban J connectivity index is 3.12. The molecule has 56 valence electrons. The molecule has 0 bridgehead atoms. The van der Waals surface area contributed by atoms with Gasteiger partial charge in [-0.3, -0.25) is 4.79 Å². The zero-order valence-electron chi connectivity index (χ0n) is 6.26. The minimum Gasteiger partial charge on any atom is -0.356 e. The van der Waals surface area contributed by atoms with Gasteiger partial charge in [0.2, 0.25) is 5.91 Å². The summed E-state index contributed by atoms with van der Waals surface area (Å²) in [5.74, 6) is 0.0204. The van der Waals surface area contributed by atoms with Crippen molar-refractivity contribution in [1.82, 2.24) is 5.32 Å². The van der Waals surface area contributed by atoms with Gasteiger partial charge in [0, 0.05) is 13.5 Å². The number of carbonyl (C=O) groups is 1. The monoisotopic (exact) mass is 139 g/mol. The molecule has 0 fully saturated rings. The highest BCUT2D eigenvalue weighted by atomic mass is 16.1. The lowest BCUT2D eigenvalue weighted by atomic mass is 10.3. The fraction of sp³-hybridized carbons (Fsp3) is 0.375. The van der Waals surface area contributed by atoms with Gasteiger partial charge in [0.05, 0.1) is 0 Å². The standard InChI is InChI=1S/C8H13NO/c1-3-4-5-6-7-9-8(2)10/h3-5H,1,6-7H2,2H3,(H,9,10). The molecule has 0 rings (SSSR count). The van der Waals surface area contributed by atoms with Gasteiger partial charge in [0.25, 0.3) is 0 Å². The van der Waals surface area contributed by atoms with Crippen molar-refractivity contribution < 1.29 is 4.79 Å². The SMILES string of the molecule is C=CC=CCCNC(C)=O. The first-order valence-electron chi connectivity index (χ1n) is 3.29. The first kappa shape index (κ1) is 8.95. The summed E-state index contributed by atoms with van der Waals surface area (Å²) < 4.78 is 0. The summed E-state index contributed by atoms with van der Waals surface area (Å²) in [6, 6.07) is 0. The Labute approximate surface area is 61.6 Å². The average Bonchev–Trinajstić information content (AvgIpc) is 1.87. The summed E-state index contributed by atoms with van der Waals surface area (Å²) in [5, 5.41) is 2.68. The van der Waals surface area contributed by atoms with Crippen molar-refractivity contribution >= 4 is 5.91 Å². The number of nitrogens with one attached hydrogen (secondary N) is 1. The average molecular weight is 139 g/mol. The Morgan fingerprint density at radius 3 is 2.90 bits per heavy atom. The van der Waals surface area contributed by atoms with Crippen molar-refractivity contribution in [3.8, 4) is 0 Å². The Bertz CT molecular complexity index is 138. The van der Waals surface area contributed by atoms with E-state index in [1.54, 1.807) is 6.08 Å².